The van der Waals surface area contributed by atoms with Gasteiger partial charge in [-0.15, -0.1) is 0 Å². The van der Waals surface area contributed by atoms with Crippen molar-refractivity contribution in [3.63, 3.8) is 0 Å². The smallest absolute Gasteiger partial charge is 0.370 e. The van der Waals surface area contributed by atoms with E-state index in [0.29, 0.717) is 25.2 Å². The first kappa shape index (κ1) is 17.2. The van der Waals surface area contributed by atoms with Crippen molar-refractivity contribution >= 4 is 32.9 Å². The first-order valence-electron chi connectivity index (χ1n) is 7.82. The molecule has 0 amide bonds. The van der Waals surface area contributed by atoms with Gasteiger partial charge in [-0.3, -0.25) is 0 Å². The van der Waals surface area contributed by atoms with Crippen LogP contribution < -0.4 is 4.90 Å². The summed E-state index contributed by atoms with van der Waals surface area (Å²) in [6.07, 6.45) is -3.60. The fraction of sp³-hybridized carbons (Fsp3) is 0.312. The van der Waals surface area contributed by atoms with Crippen LogP contribution in [0, 0.1) is 0 Å². The van der Waals surface area contributed by atoms with Gasteiger partial charge in [0.25, 0.3) is 0 Å². The maximum absolute atomic E-state index is 13.1. The molecule has 1 aliphatic rings. The molecule has 3 aromatic rings. The molecule has 1 fully saturated rings. The molecule has 0 radical (unpaired) electrons. The van der Waals surface area contributed by atoms with Crippen molar-refractivity contribution in [3.05, 3.63) is 46.5 Å². The van der Waals surface area contributed by atoms with E-state index in [-0.39, 0.29) is 17.6 Å². The lowest BCUT2D eigenvalue weighted by Gasteiger charge is -2.34. The van der Waals surface area contributed by atoms with E-state index >= 15 is 0 Å². The van der Waals surface area contributed by atoms with Crippen molar-refractivity contribution in [1.82, 2.24) is 19.9 Å². The fourth-order valence-corrected chi connectivity index (χ4v) is 3.34. The predicted molar refractivity (Wildman–Crippen MR) is 91.7 cm³/mol. The van der Waals surface area contributed by atoms with Crippen LogP contribution in [0.25, 0.3) is 11.2 Å². The molecule has 1 aromatic carbocycles. The number of anilines is 1. The molecule has 6 nitrogen and oxygen atoms in total. The maximum atomic E-state index is 13.1. The van der Waals surface area contributed by atoms with Gasteiger partial charge in [-0.05, 0) is 17.7 Å². The lowest BCUT2D eigenvalue weighted by molar-refractivity contribution is -0.144. The quantitative estimate of drug-likeness (QED) is 0.674. The highest BCUT2D eigenvalue weighted by atomic mass is 79.9. The van der Waals surface area contributed by atoms with E-state index in [9.17, 15) is 13.2 Å². The summed E-state index contributed by atoms with van der Waals surface area (Å²) < 4.78 is 46.1. The van der Waals surface area contributed by atoms with Crippen LogP contribution in [-0.4, -0.2) is 39.6 Å². The zero-order valence-corrected chi connectivity index (χ0v) is 14.9. The van der Waals surface area contributed by atoms with Crippen LogP contribution in [0.5, 0.6) is 0 Å². The van der Waals surface area contributed by atoms with Gasteiger partial charge in [0.2, 0.25) is 5.82 Å². The van der Waals surface area contributed by atoms with Gasteiger partial charge in [0, 0.05) is 17.6 Å². The monoisotopic (exact) mass is 427 g/mol. The van der Waals surface area contributed by atoms with Crippen molar-refractivity contribution in [3.8, 4) is 0 Å². The van der Waals surface area contributed by atoms with Crippen LogP contribution in [-0.2, 0) is 10.9 Å². The second kappa shape index (κ2) is 6.51. The number of ether oxygens (including phenoxy) is 1. The Morgan fingerprint density at radius 3 is 2.88 bits per heavy atom. The zero-order chi connectivity index (χ0) is 18.3. The predicted octanol–water partition coefficient (Wildman–Crippen LogP) is 3.71. The van der Waals surface area contributed by atoms with E-state index in [0.717, 1.165) is 10.0 Å². The Morgan fingerprint density at radius 2 is 2.12 bits per heavy atom. The van der Waals surface area contributed by atoms with Crippen LogP contribution >= 0.6 is 15.9 Å². The summed E-state index contributed by atoms with van der Waals surface area (Å²) in [5.41, 5.74) is 1.32. The molecule has 0 bridgehead atoms. The van der Waals surface area contributed by atoms with Gasteiger partial charge < -0.3 is 14.6 Å². The summed E-state index contributed by atoms with van der Waals surface area (Å²) in [5, 5.41) is 0. The van der Waals surface area contributed by atoms with Crippen LogP contribution in [0.15, 0.2) is 35.1 Å². The lowest BCUT2D eigenvalue weighted by atomic mass is 10.1. The summed E-state index contributed by atoms with van der Waals surface area (Å²) in [4.78, 5) is 15.7. The number of alkyl halides is 3. The minimum absolute atomic E-state index is 0.00665. The maximum Gasteiger partial charge on any atom is 0.451 e. The van der Waals surface area contributed by atoms with Crippen molar-refractivity contribution in [2.45, 2.75) is 12.3 Å². The molecule has 1 aliphatic heterocycles. The van der Waals surface area contributed by atoms with E-state index in [1.165, 1.54) is 6.33 Å². The first-order valence-corrected chi connectivity index (χ1v) is 8.61. The van der Waals surface area contributed by atoms with Gasteiger partial charge in [-0.1, -0.05) is 28.1 Å². The molecule has 1 atom stereocenters. The van der Waals surface area contributed by atoms with Crippen molar-refractivity contribution in [1.29, 1.82) is 0 Å². The molecule has 0 aliphatic carbocycles. The van der Waals surface area contributed by atoms with E-state index < -0.39 is 12.0 Å². The molecular formula is C16H13BrF3N5O. The van der Waals surface area contributed by atoms with Gasteiger partial charge in [-0.25, -0.2) is 15.0 Å². The molecule has 4 rings (SSSR count). The van der Waals surface area contributed by atoms with Crippen LogP contribution in [0.2, 0.25) is 0 Å². The molecule has 1 saturated heterocycles. The highest BCUT2D eigenvalue weighted by molar-refractivity contribution is 9.10. The molecule has 10 heteroatoms. The number of hydrogen-bond donors (Lipinski definition) is 1. The fourth-order valence-electron chi connectivity index (χ4n) is 2.92. The third kappa shape index (κ3) is 3.26. The van der Waals surface area contributed by atoms with E-state index in [1.807, 2.05) is 24.3 Å². The van der Waals surface area contributed by atoms with Gasteiger partial charge in [0.15, 0.2) is 11.5 Å². The number of nitrogens with zero attached hydrogens (tertiary/aromatic N) is 4. The van der Waals surface area contributed by atoms with Crippen molar-refractivity contribution in [2.75, 3.05) is 24.6 Å². The number of halogens is 4. The van der Waals surface area contributed by atoms with Crippen molar-refractivity contribution < 1.29 is 17.9 Å². The highest BCUT2D eigenvalue weighted by Gasteiger charge is 2.37. The summed E-state index contributed by atoms with van der Waals surface area (Å²) >= 11 is 3.42. The Hall–Kier alpha value is -2.20. The molecule has 1 N–H and O–H groups in total. The van der Waals surface area contributed by atoms with Crippen LogP contribution in [0.4, 0.5) is 19.0 Å². The number of H-pyrrole nitrogens is 1. The molecule has 3 heterocycles. The molecule has 0 spiro atoms. The molecule has 2 aromatic heterocycles. The lowest BCUT2D eigenvalue weighted by Crippen LogP contribution is -2.39. The summed E-state index contributed by atoms with van der Waals surface area (Å²) in [7, 11) is 0. The number of rotatable bonds is 2. The third-order valence-electron chi connectivity index (χ3n) is 4.11. The average Bonchev–Trinajstić information content (AvgIpc) is 3.09. The minimum Gasteiger partial charge on any atom is -0.370 e. The number of fused-ring (bicyclic) bond motifs is 1. The topological polar surface area (TPSA) is 66.9 Å². The minimum atomic E-state index is -4.64. The number of morpholine rings is 1. The normalized spacial score (nSPS) is 18.5. The number of benzene rings is 1. The van der Waals surface area contributed by atoms with Crippen molar-refractivity contribution in [2.24, 2.45) is 0 Å². The molecule has 0 saturated carbocycles. The number of aromatic amines is 1. The highest BCUT2D eigenvalue weighted by Crippen LogP contribution is 2.33. The number of aromatic nitrogens is 4. The number of hydrogen-bond acceptors (Lipinski definition) is 5. The standard InChI is InChI=1S/C16H13BrF3N5O/c17-10-3-1-2-9(6-10)11-7-25(4-5-26-11)14-12-13(22-8-21-12)23-15(24-14)16(18,19)20/h1-3,6,8,11H,4-5,7H2,(H,21,22,23,24). The average molecular weight is 428 g/mol. The Morgan fingerprint density at radius 1 is 1.27 bits per heavy atom. The number of nitrogens with one attached hydrogen (secondary N) is 1. The van der Waals surface area contributed by atoms with E-state index in [1.54, 1.807) is 4.90 Å². The number of imidazole rings is 1. The second-order valence-electron chi connectivity index (χ2n) is 5.83. The Labute approximate surface area is 154 Å². The summed E-state index contributed by atoms with van der Waals surface area (Å²) in [6, 6.07) is 7.65. The SMILES string of the molecule is FC(F)(F)c1nc(N2CCOC(c3cccc(Br)c3)C2)c2[nH]cnc2n1. The van der Waals surface area contributed by atoms with Gasteiger partial charge in [0.05, 0.1) is 12.9 Å². The van der Waals surface area contributed by atoms with E-state index in [2.05, 4.69) is 35.9 Å². The van der Waals surface area contributed by atoms with Gasteiger partial charge in [0.1, 0.15) is 11.6 Å². The van der Waals surface area contributed by atoms with E-state index in [4.69, 9.17) is 4.74 Å². The van der Waals surface area contributed by atoms with Gasteiger partial charge in [-0.2, -0.15) is 13.2 Å². The van der Waals surface area contributed by atoms with Crippen LogP contribution in [0.1, 0.15) is 17.5 Å². The summed E-state index contributed by atoms with van der Waals surface area (Å²) in [5.74, 6) is -1.01. The summed E-state index contributed by atoms with van der Waals surface area (Å²) in [6.45, 7) is 1.17. The molecule has 136 valence electrons. The largest absolute Gasteiger partial charge is 0.451 e. The molecule has 26 heavy (non-hydrogen) atoms. The Kier molecular flexibility index (Phi) is 4.31. The second-order valence-corrected chi connectivity index (χ2v) is 6.75. The zero-order valence-electron chi connectivity index (χ0n) is 13.3. The third-order valence-corrected chi connectivity index (χ3v) is 4.60. The Balaban J connectivity index is 1.71. The first-order chi connectivity index (χ1) is 12.4. The molecular weight excluding hydrogens is 415 g/mol. The van der Waals surface area contributed by atoms with Gasteiger partial charge >= 0.3 is 6.18 Å². The Bertz CT molecular complexity index is 945. The molecule has 1 unspecified atom stereocenters. The van der Waals surface area contributed by atoms with Crippen LogP contribution in [0.3, 0.4) is 0 Å².